The van der Waals surface area contributed by atoms with Crippen LogP contribution < -0.4 is 10.2 Å². The van der Waals surface area contributed by atoms with Crippen LogP contribution in [0.25, 0.3) is 0 Å². The Morgan fingerprint density at radius 1 is 1.13 bits per heavy atom. The molecule has 1 fully saturated rings. The van der Waals surface area contributed by atoms with Crippen molar-refractivity contribution in [2.75, 3.05) is 44.2 Å². The molecular weight excluding hydrogens is 438 g/mol. The predicted octanol–water partition coefficient (Wildman–Crippen LogP) is 3.32. The van der Waals surface area contributed by atoms with E-state index in [9.17, 15) is 4.79 Å². The lowest BCUT2D eigenvalue weighted by Gasteiger charge is -2.34. The van der Waals surface area contributed by atoms with E-state index >= 15 is 0 Å². The highest BCUT2D eigenvalue weighted by Crippen LogP contribution is 2.21. The molecule has 1 aromatic carbocycles. The molecule has 3 aromatic rings. The van der Waals surface area contributed by atoms with E-state index in [-0.39, 0.29) is 5.91 Å². The number of carbonyl (C=O) groups excluding carboxylic acids is 1. The third-order valence-corrected chi connectivity index (χ3v) is 6.98. The molecule has 1 aliphatic rings. The zero-order valence-electron chi connectivity index (χ0n) is 16.6. The first kappa shape index (κ1) is 21.2. The number of aromatic nitrogens is 2. The zero-order valence-corrected chi connectivity index (χ0v) is 19.0. The summed E-state index contributed by atoms with van der Waals surface area (Å²) in [4.78, 5) is 22.5. The largest absolute Gasteiger partial charge is 0.355 e. The molecule has 0 atom stereocenters. The van der Waals surface area contributed by atoms with Gasteiger partial charge in [0.2, 0.25) is 11.0 Å². The summed E-state index contributed by atoms with van der Waals surface area (Å²) in [6, 6.07) is 11.8. The van der Waals surface area contributed by atoms with Crippen molar-refractivity contribution in [3.63, 3.8) is 0 Å². The highest BCUT2D eigenvalue weighted by Gasteiger charge is 2.20. The van der Waals surface area contributed by atoms with Crippen molar-refractivity contribution in [2.24, 2.45) is 0 Å². The fourth-order valence-electron chi connectivity index (χ4n) is 3.38. The topological polar surface area (TPSA) is 61.4 Å². The Bertz CT molecular complexity index is 937. The average Bonchev–Trinajstić information content (AvgIpc) is 3.43. The van der Waals surface area contributed by atoms with Crippen molar-refractivity contribution >= 4 is 45.5 Å². The van der Waals surface area contributed by atoms with Gasteiger partial charge in [-0.2, -0.15) is 4.37 Å². The lowest BCUT2D eigenvalue weighted by Crippen LogP contribution is -2.48. The maximum absolute atomic E-state index is 12.0. The molecule has 9 heteroatoms. The van der Waals surface area contributed by atoms with Gasteiger partial charge in [-0.25, -0.2) is 4.98 Å². The number of rotatable bonds is 8. The minimum atomic E-state index is 0.0955. The third-order valence-electron chi connectivity index (χ3n) is 5.04. The number of hydrogen-bond donors (Lipinski definition) is 1. The summed E-state index contributed by atoms with van der Waals surface area (Å²) in [6.07, 6.45) is 1.19. The number of nitrogens with zero attached hydrogens (tertiary/aromatic N) is 4. The number of nitrogens with one attached hydrogen (secondary N) is 1. The van der Waals surface area contributed by atoms with Crippen LogP contribution in [0, 0.1) is 0 Å². The minimum Gasteiger partial charge on any atom is -0.355 e. The SMILES string of the molecule is O=C(Cc1cccs1)NCCN1CCN(c2nc(Cc3ccc(Cl)cc3)ns2)CC1. The van der Waals surface area contributed by atoms with Gasteiger partial charge in [0.15, 0.2) is 0 Å². The number of hydrogen-bond acceptors (Lipinski definition) is 7. The summed E-state index contributed by atoms with van der Waals surface area (Å²) < 4.78 is 4.52. The van der Waals surface area contributed by atoms with Gasteiger partial charge in [-0.05, 0) is 29.1 Å². The van der Waals surface area contributed by atoms with Crippen LogP contribution in [0.4, 0.5) is 5.13 Å². The van der Waals surface area contributed by atoms with E-state index in [1.54, 1.807) is 11.3 Å². The van der Waals surface area contributed by atoms with Crippen molar-refractivity contribution in [1.82, 2.24) is 19.6 Å². The summed E-state index contributed by atoms with van der Waals surface area (Å²) in [5, 5.41) is 6.76. The molecule has 3 heterocycles. The molecular formula is C21H24ClN5OS2. The molecule has 0 radical (unpaired) electrons. The molecule has 158 valence electrons. The predicted molar refractivity (Wildman–Crippen MR) is 124 cm³/mol. The maximum atomic E-state index is 12.0. The summed E-state index contributed by atoms with van der Waals surface area (Å²) >= 11 is 9.04. The molecule has 6 nitrogen and oxygen atoms in total. The van der Waals surface area contributed by atoms with Crippen molar-refractivity contribution in [3.8, 4) is 0 Å². The standard InChI is InChI=1S/C21H24ClN5OS2/c22-17-5-3-16(4-6-17)14-19-24-21(30-25-19)27-11-9-26(10-12-27)8-7-23-20(28)15-18-2-1-13-29-18/h1-6,13H,7-12,14-15H2,(H,23,28). The second-order valence-corrected chi connectivity index (χ2v) is 9.43. The van der Waals surface area contributed by atoms with Crippen molar-refractivity contribution in [3.05, 3.63) is 63.1 Å². The number of anilines is 1. The smallest absolute Gasteiger partial charge is 0.225 e. The van der Waals surface area contributed by atoms with Crippen LogP contribution in [0.5, 0.6) is 0 Å². The zero-order chi connectivity index (χ0) is 20.8. The Balaban J connectivity index is 1.18. The van der Waals surface area contributed by atoms with E-state index in [0.29, 0.717) is 13.0 Å². The highest BCUT2D eigenvalue weighted by atomic mass is 35.5. The normalized spacial score (nSPS) is 14.8. The molecule has 1 amide bonds. The van der Waals surface area contributed by atoms with E-state index in [2.05, 4.69) is 19.5 Å². The quantitative estimate of drug-likeness (QED) is 0.557. The molecule has 0 unspecified atom stereocenters. The molecule has 1 aliphatic heterocycles. The summed E-state index contributed by atoms with van der Waals surface area (Å²) in [5.41, 5.74) is 1.16. The highest BCUT2D eigenvalue weighted by molar-refractivity contribution is 7.10. The molecule has 2 aromatic heterocycles. The number of piperazine rings is 1. The fraction of sp³-hybridized carbons (Fsp3) is 0.381. The van der Waals surface area contributed by atoms with Gasteiger partial charge in [0.25, 0.3) is 0 Å². The van der Waals surface area contributed by atoms with Gasteiger partial charge in [0, 0.05) is 67.1 Å². The van der Waals surface area contributed by atoms with Gasteiger partial charge in [-0.1, -0.05) is 29.8 Å². The van der Waals surface area contributed by atoms with Crippen LogP contribution in [-0.4, -0.2) is 59.4 Å². The first-order valence-electron chi connectivity index (χ1n) is 9.99. The average molecular weight is 462 g/mol. The Morgan fingerprint density at radius 2 is 1.93 bits per heavy atom. The number of carbonyl (C=O) groups is 1. The van der Waals surface area contributed by atoms with Gasteiger partial charge in [0.1, 0.15) is 5.82 Å². The summed E-state index contributed by atoms with van der Waals surface area (Å²) in [6.45, 7) is 5.35. The molecule has 0 spiro atoms. The van der Waals surface area contributed by atoms with Crippen molar-refractivity contribution in [1.29, 1.82) is 0 Å². The van der Waals surface area contributed by atoms with Gasteiger partial charge in [0.05, 0.1) is 6.42 Å². The molecule has 0 bridgehead atoms. The molecule has 4 rings (SSSR count). The molecule has 1 N–H and O–H groups in total. The summed E-state index contributed by atoms with van der Waals surface area (Å²) in [7, 11) is 0. The van der Waals surface area contributed by atoms with Crippen LogP contribution in [0.3, 0.4) is 0 Å². The second kappa shape index (κ2) is 10.3. The van der Waals surface area contributed by atoms with Crippen molar-refractivity contribution in [2.45, 2.75) is 12.8 Å². The Hall–Kier alpha value is -2.00. The number of thiophene rings is 1. The van der Waals surface area contributed by atoms with Crippen LogP contribution >= 0.6 is 34.5 Å². The third kappa shape index (κ3) is 6.01. The van der Waals surface area contributed by atoms with Crippen LogP contribution in [0.2, 0.25) is 5.02 Å². The van der Waals surface area contributed by atoms with Crippen LogP contribution in [0.1, 0.15) is 16.3 Å². The molecule has 1 saturated heterocycles. The van der Waals surface area contributed by atoms with E-state index in [0.717, 1.165) is 65.6 Å². The van der Waals surface area contributed by atoms with Crippen LogP contribution in [0.15, 0.2) is 41.8 Å². The monoisotopic (exact) mass is 461 g/mol. The van der Waals surface area contributed by atoms with E-state index in [1.165, 1.54) is 11.5 Å². The Morgan fingerprint density at radius 3 is 2.67 bits per heavy atom. The maximum Gasteiger partial charge on any atom is 0.225 e. The second-order valence-electron chi connectivity index (χ2n) is 7.23. The first-order valence-corrected chi connectivity index (χ1v) is 12.0. The van der Waals surface area contributed by atoms with Gasteiger partial charge < -0.3 is 10.2 Å². The number of amides is 1. The van der Waals surface area contributed by atoms with Crippen LogP contribution in [-0.2, 0) is 17.6 Å². The first-order chi connectivity index (χ1) is 14.7. The molecule has 30 heavy (non-hydrogen) atoms. The van der Waals surface area contributed by atoms with Gasteiger partial charge in [-0.15, -0.1) is 11.3 Å². The minimum absolute atomic E-state index is 0.0955. The lowest BCUT2D eigenvalue weighted by molar-refractivity contribution is -0.120. The fourth-order valence-corrected chi connectivity index (χ4v) is 4.95. The lowest BCUT2D eigenvalue weighted by atomic mass is 10.1. The van der Waals surface area contributed by atoms with E-state index < -0.39 is 0 Å². The number of benzene rings is 1. The van der Waals surface area contributed by atoms with Crippen molar-refractivity contribution < 1.29 is 4.79 Å². The Labute approximate surface area is 189 Å². The summed E-state index contributed by atoms with van der Waals surface area (Å²) in [5.74, 6) is 0.950. The van der Waals surface area contributed by atoms with Gasteiger partial charge in [-0.3, -0.25) is 9.69 Å². The Kier molecular flexibility index (Phi) is 7.33. The van der Waals surface area contributed by atoms with E-state index in [4.69, 9.17) is 16.6 Å². The molecule has 0 saturated carbocycles. The number of halogens is 1. The molecule has 0 aliphatic carbocycles. The van der Waals surface area contributed by atoms with Gasteiger partial charge >= 0.3 is 0 Å². The van der Waals surface area contributed by atoms with E-state index in [1.807, 2.05) is 41.8 Å².